The van der Waals surface area contributed by atoms with Crippen LogP contribution in [0.5, 0.6) is 0 Å². The summed E-state index contributed by atoms with van der Waals surface area (Å²) in [6.07, 6.45) is 0.340. The fourth-order valence-electron chi connectivity index (χ4n) is 1.61. The van der Waals surface area contributed by atoms with Crippen molar-refractivity contribution >= 4 is 23.4 Å². The molecule has 0 saturated heterocycles. The highest BCUT2D eigenvalue weighted by Crippen LogP contribution is 1.99. The van der Waals surface area contributed by atoms with Crippen molar-refractivity contribution in [3.8, 4) is 0 Å². The van der Waals surface area contributed by atoms with E-state index in [2.05, 4.69) is 10.6 Å². The number of carbonyl (C=O) groups is 4. The predicted molar refractivity (Wildman–Crippen MR) is 79.6 cm³/mol. The molecule has 0 aliphatic carbocycles. The van der Waals surface area contributed by atoms with Gasteiger partial charge in [0.25, 0.3) is 0 Å². The second kappa shape index (κ2) is 10.1. The van der Waals surface area contributed by atoms with Crippen LogP contribution in [0.2, 0.25) is 0 Å². The highest BCUT2D eigenvalue weighted by molar-refractivity contribution is 5.98. The molecule has 0 aromatic heterocycles. The Morgan fingerprint density at radius 2 is 1.48 bits per heavy atom. The number of nitrogens with one attached hydrogen (secondary N) is 2. The zero-order chi connectivity index (χ0) is 16.4. The third-order valence-electron chi connectivity index (χ3n) is 2.78. The molecule has 0 rings (SSSR count). The van der Waals surface area contributed by atoms with Gasteiger partial charge in [-0.2, -0.15) is 0 Å². The molecule has 0 radical (unpaired) electrons. The third-order valence-corrected chi connectivity index (χ3v) is 2.78. The molecule has 0 aromatic rings. The van der Waals surface area contributed by atoms with Gasteiger partial charge in [0.2, 0.25) is 11.8 Å². The molecule has 2 N–H and O–H groups in total. The minimum absolute atomic E-state index is 0.0455. The minimum atomic E-state index is -0.486. The van der Waals surface area contributed by atoms with E-state index >= 15 is 0 Å². The van der Waals surface area contributed by atoms with Crippen molar-refractivity contribution in [2.75, 3.05) is 13.1 Å². The maximum atomic E-state index is 11.5. The molecule has 0 aliphatic heterocycles. The molecule has 120 valence electrons. The average molecular weight is 298 g/mol. The van der Waals surface area contributed by atoms with Crippen LogP contribution in [-0.4, -0.2) is 36.5 Å². The maximum Gasteiger partial charge on any atom is 0.229 e. The van der Waals surface area contributed by atoms with Crippen LogP contribution in [0.15, 0.2) is 0 Å². The topological polar surface area (TPSA) is 92.3 Å². The molecule has 0 saturated carbocycles. The Hall–Kier alpha value is -1.72. The lowest BCUT2D eigenvalue weighted by Crippen LogP contribution is -2.35. The van der Waals surface area contributed by atoms with Gasteiger partial charge in [0.05, 0.1) is 6.54 Å². The number of carbonyl (C=O) groups excluding carboxylic acids is 4. The van der Waals surface area contributed by atoms with E-state index in [0.717, 1.165) is 0 Å². The van der Waals surface area contributed by atoms with Crippen molar-refractivity contribution in [3.05, 3.63) is 0 Å². The first-order valence-electron chi connectivity index (χ1n) is 7.30. The summed E-state index contributed by atoms with van der Waals surface area (Å²) < 4.78 is 0. The predicted octanol–water partition coefficient (Wildman–Crippen LogP) is 0.839. The smallest absolute Gasteiger partial charge is 0.229 e. The van der Waals surface area contributed by atoms with E-state index < -0.39 is 11.8 Å². The molecule has 0 heterocycles. The second-order valence-corrected chi connectivity index (χ2v) is 5.81. The Morgan fingerprint density at radius 3 is 2.00 bits per heavy atom. The zero-order valence-electron chi connectivity index (χ0n) is 13.3. The molecule has 0 aromatic carbocycles. The molecule has 21 heavy (non-hydrogen) atoms. The van der Waals surface area contributed by atoms with Crippen LogP contribution in [-0.2, 0) is 19.2 Å². The second-order valence-electron chi connectivity index (χ2n) is 5.81. The normalized spacial score (nSPS) is 10.6. The first kappa shape index (κ1) is 19.3. The summed E-state index contributed by atoms with van der Waals surface area (Å²) >= 11 is 0. The zero-order valence-corrected chi connectivity index (χ0v) is 13.3. The number of Topliss-reactive ketones (excluding diaryl/α,β-unsaturated/α-hetero) is 2. The van der Waals surface area contributed by atoms with Crippen LogP contribution in [0, 0.1) is 11.8 Å². The molecule has 0 bridgehead atoms. The number of rotatable bonds is 10. The van der Waals surface area contributed by atoms with Crippen LogP contribution in [0.4, 0.5) is 0 Å². The lowest BCUT2D eigenvalue weighted by molar-refractivity contribution is -0.131. The Bertz CT molecular complexity index is 389. The molecular formula is C15H26N2O4. The molecule has 0 fully saturated rings. The summed E-state index contributed by atoms with van der Waals surface area (Å²) in [5, 5.41) is 4.93. The van der Waals surface area contributed by atoms with E-state index in [-0.39, 0.29) is 49.3 Å². The monoisotopic (exact) mass is 298 g/mol. The first-order chi connectivity index (χ1) is 9.72. The van der Waals surface area contributed by atoms with Gasteiger partial charge >= 0.3 is 0 Å². The SMILES string of the molecule is CC(C)CC(=O)CNC(=O)CC(=O)NCCC(=O)C(C)C. The Balaban J connectivity index is 3.82. The molecule has 0 aliphatic rings. The van der Waals surface area contributed by atoms with Gasteiger partial charge < -0.3 is 10.6 Å². The van der Waals surface area contributed by atoms with Crippen LogP contribution in [0.3, 0.4) is 0 Å². The highest BCUT2D eigenvalue weighted by Gasteiger charge is 2.12. The van der Waals surface area contributed by atoms with Crippen LogP contribution >= 0.6 is 0 Å². The standard InChI is InChI=1S/C15H26N2O4/c1-10(2)7-12(18)9-17-15(21)8-14(20)16-6-5-13(19)11(3)4/h10-11H,5-9H2,1-4H3,(H,16,20)(H,17,21). The fraction of sp³-hybridized carbons (Fsp3) is 0.733. The molecule has 6 nitrogen and oxygen atoms in total. The molecule has 2 amide bonds. The van der Waals surface area contributed by atoms with E-state index in [1.807, 2.05) is 13.8 Å². The summed E-state index contributed by atoms with van der Waals surface area (Å²) in [7, 11) is 0. The fourth-order valence-corrected chi connectivity index (χ4v) is 1.61. The van der Waals surface area contributed by atoms with Gasteiger partial charge in [-0.15, -0.1) is 0 Å². The van der Waals surface area contributed by atoms with Gasteiger partial charge in [0.15, 0.2) is 5.78 Å². The lowest BCUT2D eigenvalue weighted by Gasteiger charge is -2.08. The lowest BCUT2D eigenvalue weighted by atomic mass is 10.1. The van der Waals surface area contributed by atoms with Crippen molar-refractivity contribution in [2.24, 2.45) is 11.8 Å². The summed E-state index contributed by atoms with van der Waals surface area (Å²) in [5.74, 6) is -0.728. The largest absolute Gasteiger partial charge is 0.355 e. The number of hydrogen-bond donors (Lipinski definition) is 2. The molecule has 0 spiro atoms. The summed E-state index contributed by atoms with van der Waals surface area (Å²) in [4.78, 5) is 45.7. The van der Waals surface area contributed by atoms with Gasteiger partial charge in [0.1, 0.15) is 12.2 Å². The van der Waals surface area contributed by atoms with E-state index in [4.69, 9.17) is 0 Å². The number of hydrogen-bond acceptors (Lipinski definition) is 4. The van der Waals surface area contributed by atoms with Crippen molar-refractivity contribution in [2.45, 2.75) is 47.0 Å². The summed E-state index contributed by atoms with van der Waals surface area (Å²) in [5.41, 5.74) is 0. The van der Waals surface area contributed by atoms with Gasteiger partial charge in [-0.3, -0.25) is 19.2 Å². The van der Waals surface area contributed by atoms with E-state index in [1.165, 1.54) is 0 Å². The first-order valence-corrected chi connectivity index (χ1v) is 7.30. The Labute approximate surface area is 126 Å². The molecule has 0 atom stereocenters. The van der Waals surface area contributed by atoms with Crippen LogP contribution in [0.25, 0.3) is 0 Å². The highest BCUT2D eigenvalue weighted by atomic mass is 16.2. The van der Waals surface area contributed by atoms with E-state index in [9.17, 15) is 19.2 Å². The van der Waals surface area contributed by atoms with E-state index in [0.29, 0.717) is 6.42 Å². The van der Waals surface area contributed by atoms with Crippen molar-refractivity contribution in [1.82, 2.24) is 10.6 Å². The van der Waals surface area contributed by atoms with Crippen molar-refractivity contribution in [3.63, 3.8) is 0 Å². The Kier molecular flexibility index (Phi) is 9.25. The van der Waals surface area contributed by atoms with Gasteiger partial charge in [-0.25, -0.2) is 0 Å². The summed E-state index contributed by atoms with van der Waals surface area (Å²) in [6.45, 7) is 7.63. The quantitative estimate of drug-likeness (QED) is 0.585. The van der Waals surface area contributed by atoms with Gasteiger partial charge in [0, 0.05) is 25.3 Å². The number of amides is 2. The number of ketones is 2. The molecule has 0 unspecified atom stereocenters. The molecular weight excluding hydrogens is 272 g/mol. The third kappa shape index (κ3) is 10.7. The van der Waals surface area contributed by atoms with Gasteiger partial charge in [-0.05, 0) is 5.92 Å². The summed E-state index contributed by atoms with van der Waals surface area (Å²) in [6, 6.07) is 0. The van der Waals surface area contributed by atoms with Crippen molar-refractivity contribution < 1.29 is 19.2 Å². The van der Waals surface area contributed by atoms with Crippen LogP contribution in [0.1, 0.15) is 47.0 Å². The van der Waals surface area contributed by atoms with E-state index in [1.54, 1.807) is 13.8 Å². The maximum absolute atomic E-state index is 11.5. The van der Waals surface area contributed by atoms with Crippen molar-refractivity contribution in [1.29, 1.82) is 0 Å². The average Bonchev–Trinajstić information content (AvgIpc) is 2.35. The van der Waals surface area contributed by atoms with Crippen LogP contribution < -0.4 is 10.6 Å². The Morgan fingerprint density at radius 1 is 0.905 bits per heavy atom. The van der Waals surface area contributed by atoms with Gasteiger partial charge in [-0.1, -0.05) is 27.7 Å². The minimum Gasteiger partial charge on any atom is -0.355 e. The molecule has 6 heteroatoms.